The Morgan fingerprint density at radius 3 is 2.56 bits per heavy atom. The summed E-state index contributed by atoms with van der Waals surface area (Å²) >= 11 is 0. The maximum Gasteiger partial charge on any atom is 0.337 e. The van der Waals surface area contributed by atoms with Gasteiger partial charge in [0.1, 0.15) is 0 Å². The molecule has 0 unspecified atom stereocenters. The van der Waals surface area contributed by atoms with Crippen LogP contribution in [0.3, 0.4) is 0 Å². The van der Waals surface area contributed by atoms with E-state index < -0.39 is 0 Å². The van der Waals surface area contributed by atoms with Crippen molar-refractivity contribution in [2.45, 2.75) is 25.7 Å². The fourth-order valence-corrected chi connectivity index (χ4v) is 2.19. The number of nitrogens with one attached hydrogen (secondary N) is 1. The number of esters is 1. The third kappa shape index (κ3) is 3.36. The molecule has 0 spiro atoms. The molecule has 0 radical (unpaired) electrons. The van der Waals surface area contributed by atoms with Gasteiger partial charge >= 0.3 is 5.97 Å². The van der Waals surface area contributed by atoms with E-state index in [1.807, 2.05) is 12.1 Å². The highest BCUT2D eigenvalue weighted by Crippen LogP contribution is 2.23. The van der Waals surface area contributed by atoms with Crippen molar-refractivity contribution in [3.8, 4) is 0 Å². The minimum Gasteiger partial charge on any atom is -0.465 e. The SMILES string of the molecule is COC(=O)c1ccc(NCC=C2CCCC2)cc1. The van der Waals surface area contributed by atoms with Crippen molar-refractivity contribution < 1.29 is 9.53 Å². The number of rotatable bonds is 4. The molecule has 1 aromatic carbocycles. The van der Waals surface area contributed by atoms with E-state index in [2.05, 4.69) is 16.1 Å². The topological polar surface area (TPSA) is 38.3 Å². The molecule has 2 rings (SSSR count). The van der Waals surface area contributed by atoms with Gasteiger partial charge in [0.2, 0.25) is 0 Å². The van der Waals surface area contributed by atoms with Gasteiger partial charge in [0, 0.05) is 12.2 Å². The first kappa shape index (κ1) is 12.7. The number of ether oxygens (including phenoxy) is 1. The van der Waals surface area contributed by atoms with Gasteiger partial charge in [-0.2, -0.15) is 0 Å². The first-order chi connectivity index (χ1) is 8.79. The molecule has 1 saturated carbocycles. The quantitative estimate of drug-likeness (QED) is 0.652. The minimum absolute atomic E-state index is 0.297. The van der Waals surface area contributed by atoms with E-state index in [0.29, 0.717) is 5.56 Å². The summed E-state index contributed by atoms with van der Waals surface area (Å²) in [6, 6.07) is 7.35. The molecule has 3 nitrogen and oxygen atoms in total. The van der Waals surface area contributed by atoms with Gasteiger partial charge in [0.05, 0.1) is 12.7 Å². The van der Waals surface area contributed by atoms with Crippen LogP contribution in [-0.2, 0) is 4.74 Å². The highest BCUT2D eigenvalue weighted by Gasteiger charge is 2.05. The summed E-state index contributed by atoms with van der Waals surface area (Å²) in [5, 5.41) is 3.33. The van der Waals surface area contributed by atoms with E-state index in [4.69, 9.17) is 0 Å². The lowest BCUT2D eigenvalue weighted by Crippen LogP contribution is -2.02. The lowest BCUT2D eigenvalue weighted by molar-refractivity contribution is 0.0601. The lowest BCUT2D eigenvalue weighted by atomic mass is 10.2. The van der Waals surface area contributed by atoms with Gasteiger partial charge in [-0.15, -0.1) is 0 Å². The maximum absolute atomic E-state index is 11.3. The van der Waals surface area contributed by atoms with Crippen LogP contribution in [0.15, 0.2) is 35.9 Å². The number of carbonyl (C=O) groups excluding carboxylic acids is 1. The van der Waals surface area contributed by atoms with Crippen LogP contribution in [0.1, 0.15) is 36.0 Å². The van der Waals surface area contributed by atoms with Crippen LogP contribution in [0.5, 0.6) is 0 Å². The number of anilines is 1. The van der Waals surface area contributed by atoms with Gasteiger partial charge in [-0.3, -0.25) is 0 Å². The minimum atomic E-state index is -0.297. The molecular weight excluding hydrogens is 226 g/mol. The number of hydrogen-bond acceptors (Lipinski definition) is 3. The fourth-order valence-electron chi connectivity index (χ4n) is 2.19. The molecule has 0 amide bonds. The summed E-state index contributed by atoms with van der Waals surface area (Å²) in [5.41, 5.74) is 3.17. The first-order valence-corrected chi connectivity index (χ1v) is 6.40. The molecule has 3 heteroatoms. The van der Waals surface area contributed by atoms with Crippen LogP contribution in [0, 0.1) is 0 Å². The maximum atomic E-state index is 11.3. The second-order valence-electron chi connectivity index (χ2n) is 4.52. The lowest BCUT2D eigenvalue weighted by Gasteiger charge is -2.05. The van der Waals surface area contributed by atoms with E-state index in [1.54, 1.807) is 17.7 Å². The second-order valence-corrected chi connectivity index (χ2v) is 4.52. The van der Waals surface area contributed by atoms with Crippen molar-refractivity contribution in [2.24, 2.45) is 0 Å². The molecule has 1 N–H and O–H groups in total. The molecule has 1 aromatic rings. The van der Waals surface area contributed by atoms with Crippen molar-refractivity contribution in [3.05, 3.63) is 41.5 Å². The van der Waals surface area contributed by atoms with Crippen LogP contribution in [-0.4, -0.2) is 19.6 Å². The Labute approximate surface area is 108 Å². The molecule has 1 fully saturated rings. The molecule has 0 heterocycles. The monoisotopic (exact) mass is 245 g/mol. The van der Waals surface area contributed by atoms with Gasteiger partial charge in [-0.25, -0.2) is 4.79 Å². The van der Waals surface area contributed by atoms with E-state index in [1.165, 1.54) is 32.8 Å². The zero-order valence-electron chi connectivity index (χ0n) is 10.7. The Kier molecular flexibility index (Phi) is 4.40. The Morgan fingerprint density at radius 2 is 1.94 bits per heavy atom. The first-order valence-electron chi connectivity index (χ1n) is 6.40. The molecule has 0 aliphatic heterocycles. The Hall–Kier alpha value is -1.77. The van der Waals surface area contributed by atoms with Gasteiger partial charge in [-0.05, 0) is 49.9 Å². The zero-order valence-corrected chi connectivity index (χ0v) is 10.7. The molecule has 1 aliphatic carbocycles. The Balaban J connectivity index is 1.86. The van der Waals surface area contributed by atoms with Crippen LogP contribution in [0.25, 0.3) is 0 Å². The van der Waals surface area contributed by atoms with Gasteiger partial charge in [0.15, 0.2) is 0 Å². The second kappa shape index (κ2) is 6.24. The number of methoxy groups -OCH3 is 1. The van der Waals surface area contributed by atoms with Crippen LogP contribution >= 0.6 is 0 Å². The molecule has 0 aromatic heterocycles. The Bertz CT molecular complexity index is 426. The largest absolute Gasteiger partial charge is 0.465 e. The van der Waals surface area contributed by atoms with E-state index in [0.717, 1.165) is 12.2 Å². The standard InChI is InChI=1S/C15H19NO2/c1-18-15(17)13-6-8-14(9-7-13)16-11-10-12-4-2-3-5-12/h6-10,16H,2-5,11H2,1H3. The molecule has 96 valence electrons. The average molecular weight is 245 g/mol. The number of carbonyl (C=O) groups is 1. The molecular formula is C15H19NO2. The predicted octanol–water partition coefficient (Wildman–Crippen LogP) is 3.39. The molecule has 0 bridgehead atoms. The molecule has 0 saturated heterocycles. The zero-order chi connectivity index (χ0) is 12.8. The number of allylic oxidation sites excluding steroid dienone is 1. The summed E-state index contributed by atoms with van der Waals surface area (Å²) < 4.78 is 4.66. The van der Waals surface area contributed by atoms with Crippen molar-refractivity contribution >= 4 is 11.7 Å². The van der Waals surface area contributed by atoms with Crippen LogP contribution in [0.2, 0.25) is 0 Å². The highest BCUT2D eigenvalue weighted by molar-refractivity contribution is 5.89. The Morgan fingerprint density at radius 1 is 1.28 bits per heavy atom. The molecule has 18 heavy (non-hydrogen) atoms. The fraction of sp³-hybridized carbons (Fsp3) is 0.400. The average Bonchev–Trinajstić information content (AvgIpc) is 2.92. The molecule has 1 aliphatic rings. The van der Waals surface area contributed by atoms with Crippen molar-refractivity contribution in [1.82, 2.24) is 0 Å². The summed E-state index contributed by atoms with van der Waals surface area (Å²) in [5.74, 6) is -0.297. The van der Waals surface area contributed by atoms with E-state index >= 15 is 0 Å². The van der Waals surface area contributed by atoms with Crippen molar-refractivity contribution in [1.29, 1.82) is 0 Å². The molecule has 0 atom stereocenters. The third-order valence-corrected chi connectivity index (χ3v) is 3.25. The van der Waals surface area contributed by atoms with Crippen molar-refractivity contribution in [3.63, 3.8) is 0 Å². The van der Waals surface area contributed by atoms with Crippen LogP contribution in [0.4, 0.5) is 5.69 Å². The van der Waals surface area contributed by atoms with Crippen molar-refractivity contribution in [2.75, 3.05) is 19.0 Å². The predicted molar refractivity (Wildman–Crippen MR) is 72.8 cm³/mol. The highest BCUT2D eigenvalue weighted by atomic mass is 16.5. The van der Waals surface area contributed by atoms with Gasteiger partial charge in [-0.1, -0.05) is 11.6 Å². The van der Waals surface area contributed by atoms with E-state index in [9.17, 15) is 4.79 Å². The summed E-state index contributed by atoms with van der Waals surface area (Å²) in [6.45, 7) is 0.854. The number of hydrogen-bond donors (Lipinski definition) is 1. The summed E-state index contributed by atoms with van der Waals surface area (Å²) in [6.07, 6.45) is 7.45. The summed E-state index contributed by atoms with van der Waals surface area (Å²) in [4.78, 5) is 11.3. The van der Waals surface area contributed by atoms with E-state index in [-0.39, 0.29) is 5.97 Å². The summed E-state index contributed by atoms with van der Waals surface area (Å²) in [7, 11) is 1.39. The normalized spacial score (nSPS) is 14.4. The smallest absolute Gasteiger partial charge is 0.337 e. The van der Waals surface area contributed by atoms with Gasteiger partial charge < -0.3 is 10.1 Å². The third-order valence-electron chi connectivity index (χ3n) is 3.25. The van der Waals surface area contributed by atoms with Gasteiger partial charge in [0.25, 0.3) is 0 Å². The number of benzene rings is 1. The van der Waals surface area contributed by atoms with Crippen LogP contribution < -0.4 is 5.32 Å².